The average Bonchev–Trinajstić information content (AvgIpc) is 2.23. The SMILES string of the molecule is CC.CCCc1ccc(CO)cc1. The molecule has 0 aliphatic rings. The molecule has 1 aromatic rings. The van der Waals surface area contributed by atoms with E-state index >= 15 is 0 Å². The predicted molar refractivity (Wildman–Crippen MR) is 57.7 cm³/mol. The average molecular weight is 180 g/mol. The lowest BCUT2D eigenvalue weighted by molar-refractivity contribution is 0.282. The Morgan fingerprint density at radius 1 is 1.00 bits per heavy atom. The van der Waals surface area contributed by atoms with E-state index in [-0.39, 0.29) is 6.61 Å². The monoisotopic (exact) mass is 180 g/mol. The second-order valence-corrected chi connectivity index (χ2v) is 2.72. The molecule has 0 saturated carbocycles. The number of aryl methyl sites for hydroxylation is 1. The van der Waals surface area contributed by atoms with E-state index in [9.17, 15) is 0 Å². The lowest BCUT2D eigenvalue weighted by Gasteiger charge is -1.99. The van der Waals surface area contributed by atoms with Crippen LogP contribution in [0.25, 0.3) is 0 Å². The van der Waals surface area contributed by atoms with E-state index in [2.05, 4.69) is 19.1 Å². The molecular weight excluding hydrogens is 160 g/mol. The van der Waals surface area contributed by atoms with Crippen LogP contribution in [-0.4, -0.2) is 5.11 Å². The van der Waals surface area contributed by atoms with E-state index in [0.29, 0.717) is 0 Å². The van der Waals surface area contributed by atoms with E-state index in [4.69, 9.17) is 5.11 Å². The molecule has 1 rings (SSSR count). The number of benzene rings is 1. The first-order valence-corrected chi connectivity index (χ1v) is 5.05. The lowest BCUT2D eigenvalue weighted by Crippen LogP contribution is -1.85. The fourth-order valence-corrected chi connectivity index (χ4v) is 1.10. The zero-order valence-corrected chi connectivity index (χ0v) is 8.88. The summed E-state index contributed by atoms with van der Waals surface area (Å²) in [6.45, 7) is 6.31. The maximum atomic E-state index is 8.76. The van der Waals surface area contributed by atoms with Gasteiger partial charge in [-0.15, -0.1) is 0 Å². The highest BCUT2D eigenvalue weighted by atomic mass is 16.3. The molecule has 0 fully saturated rings. The van der Waals surface area contributed by atoms with Gasteiger partial charge in [0.1, 0.15) is 0 Å². The summed E-state index contributed by atoms with van der Waals surface area (Å²) in [5.74, 6) is 0. The van der Waals surface area contributed by atoms with Crippen LogP contribution in [0.3, 0.4) is 0 Å². The Morgan fingerprint density at radius 2 is 1.46 bits per heavy atom. The second-order valence-electron chi connectivity index (χ2n) is 2.72. The van der Waals surface area contributed by atoms with Gasteiger partial charge in [0.2, 0.25) is 0 Å². The Hall–Kier alpha value is -0.820. The van der Waals surface area contributed by atoms with Gasteiger partial charge in [-0.25, -0.2) is 0 Å². The Morgan fingerprint density at radius 3 is 1.85 bits per heavy atom. The molecule has 1 nitrogen and oxygen atoms in total. The summed E-state index contributed by atoms with van der Waals surface area (Å²) in [5.41, 5.74) is 2.34. The summed E-state index contributed by atoms with van der Waals surface area (Å²) >= 11 is 0. The van der Waals surface area contributed by atoms with Crippen LogP contribution in [0.2, 0.25) is 0 Å². The topological polar surface area (TPSA) is 20.2 Å². The van der Waals surface area contributed by atoms with E-state index < -0.39 is 0 Å². The van der Waals surface area contributed by atoms with Crippen molar-refractivity contribution in [2.45, 2.75) is 40.2 Å². The van der Waals surface area contributed by atoms with Crippen LogP contribution < -0.4 is 0 Å². The maximum absolute atomic E-state index is 8.76. The zero-order chi connectivity index (χ0) is 10.1. The molecule has 0 aliphatic heterocycles. The molecule has 0 bridgehead atoms. The van der Waals surface area contributed by atoms with Gasteiger partial charge in [-0.1, -0.05) is 51.5 Å². The fraction of sp³-hybridized carbons (Fsp3) is 0.500. The van der Waals surface area contributed by atoms with Crippen LogP contribution in [0.1, 0.15) is 38.3 Å². The first-order chi connectivity index (χ1) is 6.36. The van der Waals surface area contributed by atoms with Crippen LogP contribution in [0.5, 0.6) is 0 Å². The van der Waals surface area contributed by atoms with Crippen LogP contribution >= 0.6 is 0 Å². The molecule has 13 heavy (non-hydrogen) atoms. The summed E-state index contributed by atoms with van der Waals surface area (Å²) in [6, 6.07) is 8.11. The van der Waals surface area contributed by atoms with Gasteiger partial charge in [-0.05, 0) is 17.5 Å². The second kappa shape index (κ2) is 7.81. The Balaban J connectivity index is 0.000000671. The minimum Gasteiger partial charge on any atom is -0.392 e. The fourth-order valence-electron chi connectivity index (χ4n) is 1.10. The number of hydrogen-bond acceptors (Lipinski definition) is 1. The molecule has 0 spiro atoms. The first-order valence-electron chi connectivity index (χ1n) is 5.05. The largest absolute Gasteiger partial charge is 0.392 e. The van der Waals surface area contributed by atoms with Gasteiger partial charge < -0.3 is 5.11 Å². The molecule has 0 aliphatic carbocycles. The molecule has 74 valence electrons. The van der Waals surface area contributed by atoms with Crippen molar-refractivity contribution < 1.29 is 5.11 Å². The van der Waals surface area contributed by atoms with E-state index in [0.717, 1.165) is 12.0 Å². The van der Waals surface area contributed by atoms with Crippen LogP contribution in [0.4, 0.5) is 0 Å². The molecule has 1 aromatic carbocycles. The third-order valence-electron chi connectivity index (χ3n) is 1.74. The third-order valence-corrected chi connectivity index (χ3v) is 1.74. The number of aliphatic hydroxyl groups excluding tert-OH is 1. The van der Waals surface area contributed by atoms with Gasteiger partial charge in [0.05, 0.1) is 6.61 Å². The summed E-state index contributed by atoms with van der Waals surface area (Å²) in [4.78, 5) is 0. The van der Waals surface area contributed by atoms with Crippen LogP contribution in [0.15, 0.2) is 24.3 Å². The predicted octanol–water partition coefficient (Wildman–Crippen LogP) is 3.16. The Labute approximate surface area is 81.4 Å². The van der Waals surface area contributed by atoms with Gasteiger partial charge >= 0.3 is 0 Å². The Bertz CT molecular complexity index is 201. The molecule has 0 atom stereocenters. The summed E-state index contributed by atoms with van der Waals surface area (Å²) in [7, 11) is 0. The molecule has 0 unspecified atom stereocenters. The summed E-state index contributed by atoms with van der Waals surface area (Å²) in [5, 5.41) is 8.76. The minimum absolute atomic E-state index is 0.145. The van der Waals surface area contributed by atoms with Crippen molar-refractivity contribution in [3.8, 4) is 0 Å². The molecular formula is C12H20O. The number of rotatable bonds is 3. The van der Waals surface area contributed by atoms with E-state index in [1.54, 1.807) is 0 Å². The van der Waals surface area contributed by atoms with Crippen molar-refractivity contribution in [3.05, 3.63) is 35.4 Å². The molecule has 0 saturated heterocycles. The normalized spacial score (nSPS) is 8.92. The highest BCUT2D eigenvalue weighted by molar-refractivity contribution is 5.21. The summed E-state index contributed by atoms with van der Waals surface area (Å²) in [6.07, 6.45) is 2.31. The van der Waals surface area contributed by atoms with Crippen molar-refractivity contribution in [2.75, 3.05) is 0 Å². The minimum atomic E-state index is 0.145. The molecule has 0 aromatic heterocycles. The molecule has 1 heteroatoms. The van der Waals surface area contributed by atoms with Crippen molar-refractivity contribution in [2.24, 2.45) is 0 Å². The van der Waals surface area contributed by atoms with Gasteiger partial charge in [0.15, 0.2) is 0 Å². The van der Waals surface area contributed by atoms with Crippen molar-refractivity contribution >= 4 is 0 Å². The molecule has 0 heterocycles. The molecule has 0 amide bonds. The first kappa shape index (κ1) is 12.2. The summed E-state index contributed by atoms with van der Waals surface area (Å²) < 4.78 is 0. The van der Waals surface area contributed by atoms with E-state index in [1.807, 2.05) is 26.0 Å². The van der Waals surface area contributed by atoms with Crippen molar-refractivity contribution in [1.82, 2.24) is 0 Å². The Kier molecular flexibility index (Phi) is 7.32. The number of aliphatic hydroxyl groups is 1. The van der Waals surface area contributed by atoms with Gasteiger partial charge in [-0.3, -0.25) is 0 Å². The smallest absolute Gasteiger partial charge is 0.0681 e. The standard InChI is InChI=1S/C10H14O.C2H6/c1-2-3-9-4-6-10(8-11)7-5-9;1-2/h4-7,11H,2-3,8H2,1H3;1-2H3. The third kappa shape index (κ3) is 4.69. The number of hydrogen-bond donors (Lipinski definition) is 1. The van der Waals surface area contributed by atoms with Gasteiger partial charge in [-0.2, -0.15) is 0 Å². The highest BCUT2D eigenvalue weighted by Crippen LogP contribution is 2.05. The zero-order valence-electron chi connectivity index (χ0n) is 8.88. The van der Waals surface area contributed by atoms with Crippen molar-refractivity contribution in [1.29, 1.82) is 0 Å². The van der Waals surface area contributed by atoms with Gasteiger partial charge in [0.25, 0.3) is 0 Å². The maximum Gasteiger partial charge on any atom is 0.0681 e. The quantitative estimate of drug-likeness (QED) is 0.757. The molecule has 0 radical (unpaired) electrons. The van der Waals surface area contributed by atoms with E-state index in [1.165, 1.54) is 12.0 Å². The van der Waals surface area contributed by atoms with Gasteiger partial charge in [0, 0.05) is 0 Å². The highest BCUT2D eigenvalue weighted by Gasteiger charge is 1.91. The van der Waals surface area contributed by atoms with Crippen LogP contribution in [-0.2, 0) is 13.0 Å². The van der Waals surface area contributed by atoms with Crippen LogP contribution in [0, 0.1) is 0 Å². The molecule has 1 N–H and O–H groups in total. The lowest BCUT2D eigenvalue weighted by atomic mass is 10.1. The van der Waals surface area contributed by atoms with Crippen molar-refractivity contribution in [3.63, 3.8) is 0 Å².